The predicted molar refractivity (Wildman–Crippen MR) is 71.2 cm³/mol. The average molecular weight is 276 g/mol. The van der Waals surface area contributed by atoms with E-state index in [1.54, 1.807) is 18.2 Å². The van der Waals surface area contributed by atoms with E-state index in [4.69, 9.17) is 4.74 Å². The van der Waals surface area contributed by atoms with Gasteiger partial charge in [-0.1, -0.05) is 0 Å². The zero-order valence-electron chi connectivity index (χ0n) is 10.9. The van der Waals surface area contributed by atoms with E-state index in [1.807, 2.05) is 0 Å². The van der Waals surface area contributed by atoms with Gasteiger partial charge in [-0.2, -0.15) is 15.4 Å². The molecule has 0 unspecified atom stereocenters. The molecule has 1 fully saturated rings. The van der Waals surface area contributed by atoms with Gasteiger partial charge in [-0.05, 0) is 18.2 Å². The Labute approximate surface area is 115 Å². The maximum absolute atomic E-state index is 12.1. The first kappa shape index (κ1) is 13.0. The van der Waals surface area contributed by atoms with Gasteiger partial charge in [-0.15, -0.1) is 0 Å². The van der Waals surface area contributed by atoms with Crippen molar-refractivity contribution in [1.82, 2.24) is 20.7 Å². The van der Waals surface area contributed by atoms with E-state index in [0.29, 0.717) is 42.7 Å². The number of aromatic amines is 1. The second-order valence-electron chi connectivity index (χ2n) is 5.05. The predicted octanol–water partition coefficient (Wildman–Crippen LogP) is 0.229. The third-order valence-corrected chi connectivity index (χ3v) is 3.58. The number of fused-ring (bicyclic) bond motifs is 1. The molecule has 1 saturated heterocycles. The second-order valence-corrected chi connectivity index (χ2v) is 5.05. The number of aliphatic hydroxyl groups is 1. The highest BCUT2D eigenvalue weighted by Crippen LogP contribution is 2.19. The Hall–Kier alpha value is -1.99. The molecule has 0 spiro atoms. The van der Waals surface area contributed by atoms with Crippen molar-refractivity contribution >= 4 is 16.9 Å². The van der Waals surface area contributed by atoms with Crippen molar-refractivity contribution < 1.29 is 14.6 Å². The minimum Gasteiger partial charge on any atom is -0.388 e. The van der Waals surface area contributed by atoms with Gasteiger partial charge in [-0.3, -0.25) is 4.79 Å². The lowest BCUT2D eigenvalue weighted by atomic mass is 9.94. The molecule has 0 atom stereocenters. The number of ether oxygens (including phenoxy) is 1. The number of amides is 1. The summed E-state index contributed by atoms with van der Waals surface area (Å²) in [5.41, 5.74) is 0.986. The van der Waals surface area contributed by atoms with Gasteiger partial charge >= 0.3 is 0 Å². The van der Waals surface area contributed by atoms with Gasteiger partial charge < -0.3 is 15.2 Å². The lowest BCUT2D eigenvalue weighted by Crippen LogP contribution is -2.46. The van der Waals surface area contributed by atoms with Gasteiger partial charge in [0.1, 0.15) is 11.0 Å². The normalized spacial score (nSPS) is 18.1. The molecular weight excluding hydrogens is 260 g/mol. The van der Waals surface area contributed by atoms with Crippen LogP contribution in [0.4, 0.5) is 0 Å². The van der Waals surface area contributed by atoms with Gasteiger partial charge in [0.05, 0.1) is 5.60 Å². The van der Waals surface area contributed by atoms with E-state index in [-0.39, 0.29) is 12.5 Å². The molecule has 0 aliphatic carbocycles. The summed E-state index contributed by atoms with van der Waals surface area (Å²) in [5, 5.41) is 23.4. The number of carbonyl (C=O) groups excluding carboxylic acids is 1. The fraction of sp³-hybridized carbons (Fsp3) is 0.462. The molecule has 7 heteroatoms. The van der Waals surface area contributed by atoms with Crippen LogP contribution in [0.2, 0.25) is 0 Å². The molecule has 2 aromatic rings. The zero-order valence-corrected chi connectivity index (χ0v) is 10.9. The number of hydrogen-bond donors (Lipinski definition) is 3. The number of rotatable bonds is 3. The van der Waals surface area contributed by atoms with Gasteiger partial charge in [0.15, 0.2) is 0 Å². The Morgan fingerprint density at radius 3 is 2.90 bits per heavy atom. The molecule has 0 radical (unpaired) electrons. The minimum atomic E-state index is -0.869. The fourth-order valence-electron chi connectivity index (χ4n) is 2.26. The fourth-order valence-corrected chi connectivity index (χ4v) is 2.26. The Balaban J connectivity index is 1.66. The van der Waals surface area contributed by atoms with Crippen LogP contribution in [-0.2, 0) is 4.74 Å². The molecule has 3 rings (SSSR count). The minimum absolute atomic E-state index is 0.227. The number of nitrogens with one attached hydrogen (secondary N) is 2. The van der Waals surface area contributed by atoms with E-state index >= 15 is 0 Å². The van der Waals surface area contributed by atoms with Crippen LogP contribution in [0.15, 0.2) is 18.2 Å². The van der Waals surface area contributed by atoms with Crippen LogP contribution in [0.3, 0.4) is 0 Å². The Morgan fingerprint density at radius 2 is 2.10 bits per heavy atom. The van der Waals surface area contributed by atoms with E-state index in [1.165, 1.54) is 0 Å². The van der Waals surface area contributed by atoms with Crippen molar-refractivity contribution in [3.63, 3.8) is 0 Å². The van der Waals surface area contributed by atoms with Crippen molar-refractivity contribution in [2.24, 2.45) is 0 Å². The number of aromatic nitrogens is 3. The molecule has 0 bridgehead atoms. The first-order valence-corrected chi connectivity index (χ1v) is 6.55. The highest BCUT2D eigenvalue weighted by atomic mass is 16.5. The lowest BCUT2D eigenvalue weighted by molar-refractivity contribution is -0.0605. The zero-order chi connectivity index (χ0) is 14.0. The summed E-state index contributed by atoms with van der Waals surface area (Å²) in [7, 11) is 0. The molecule has 2 heterocycles. The molecule has 1 aromatic carbocycles. The second kappa shape index (κ2) is 5.18. The van der Waals surface area contributed by atoms with Crippen LogP contribution < -0.4 is 5.32 Å². The molecule has 0 saturated carbocycles. The van der Waals surface area contributed by atoms with Crippen LogP contribution in [-0.4, -0.2) is 51.8 Å². The average Bonchev–Trinajstić information content (AvgIpc) is 2.93. The summed E-state index contributed by atoms with van der Waals surface area (Å²) in [6.45, 7) is 1.28. The van der Waals surface area contributed by atoms with E-state index in [9.17, 15) is 9.90 Å². The SMILES string of the molecule is O=C(NCC1(O)CCOCC1)c1ccc2n[nH]nc2c1. The highest BCUT2D eigenvalue weighted by Gasteiger charge is 2.30. The standard InChI is InChI=1S/C13H16N4O3/c18-12(14-8-13(19)3-5-20-6-4-13)9-1-2-10-11(7-9)16-17-15-10/h1-2,7,19H,3-6,8H2,(H,14,18)(H,15,16,17). The maximum Gasteiger partial charge on any atom is 0.251 e. The van der Waals surface area contributed by atoms with Crippen LogP contribution in [0.1, 0.15) is 23.2 Å². The molecule has 1 aliphatic heterocycles. The summed E-state index contributed by atoms with van der Waals surface area (Å²) >= 11 is 0. The van der Waals surface area contributed by atoms with Gasteiger partial charge in [0.2, 0.25) is 0 Å². The third-order valence-electron chi connectivity index (χ3n) is 3.58. The molecule has 1 amide bonds. The van der Waals surface area contributed by atoms with Gasteiger partial charge in [0.25, 0.3) is 5.91 Å². The summed E-state index contributed by atoms with van der Waals surface area (Å²) in [6, 6.07) is 5.09. The highest BCUT2D eigenvalue weighted by molar-refractivity contribution is 5.97. The van der Waals surface area contributed by atoms with Crippen molar-refractivity contribution in [1.29, 1.82) is 0 Å². The Morgan fingerprint density at radius 1 is 1.35 bits per heavy atom. The largest absolute Gasteiger partial charge is 0.388 e. The number of H-pyrrole nitrogens is 1. The van der Waals surface area contributed by atoms with E-state index in [0.717, 1.165) is 0 Å². The molecular formula is C13H16N4O3. The molecule has 3 N–H and O–H groups in total. The number of carbonyl (C=O) groups is 1. The molecule has 20 heavy (non-hydrogen) atoms. The Bertz CT molecular complexity index is 619. The number of nitrogens with zero attached hydrogens (tertiary/aromatic N) is 2. The third kappa shape index (κ3) is 2.63. The summed E-state index contributed by atoms with van der Waals surface area (Å²) in [6.07, 6.45) is 1.07. The lowest BCUT2D eigenvalue weighted by Gasteiger charge is -2.32. The summed E-state index contributed by atoms with van der Waals surface area (Å²) < 4.78 is 5.20. The molecule has 1 aliphatic rings. The van der Waals surface area contributed by atoms with E-state index in [2.05, 4.69) is 20.7 Å². The summed E-state index contributed by atoms with van der Waals surface area (Å²) in [4.78, 5) is 12.1. The van der Waals surface area contributed by atoms with Crippen LogP contribution in [0, 0.1) is 0 Å². The molecule has 106 valence electrons. The quantitative estimate of drug-likeness (QED) is 0.745. The Kier molecular flexibility index (Phi) is 3.37. The monoisotopic (exact) mass is 276 g/mol. The maximum atomic E-state index is 12.1. The first-order valence-electron chi connectivity index (χ1n) is 6.55. The summed E-state index contributed by atoms with van der Waals surface area (Å²) in [5.74, 6) is -0.227. The van der Waals surface area contributed by atoms with Crippen molar-refractivity contribution in [3.05, 3.63) is 23.8 Å². The van der Waals surface area contributed by atoms with Crippen molar-refractivity contribution in [2.75, 3.05) is 19.8 Å². The first-order chi connectivity index (χ1) is 9.66. The molecule has 7 nitrogen and oxygen atoms in total. The van der Waals surface area contributed by atoms with E-state index < -0.39 is 5.60 Å². The van der Waals surface area contributed by atoms with Crippen LogP contribution in [0.25, 0.3) is 11.0 Å². The van der Waals surface area contributed by atoms with Crippen LogP contribution in [0.5, 0.6) is 0 Å². The van der Waals surface area contributed by atoms with Gasteiger partial charge in [-0.25, -0.2) is 0 Å². The number of benzene rings is 1. The van der Waals surface area contributed by atoms with Gasteiger partial charge in [0, 0.05) is 38.2 Å². The van der Waals surface area contributed by atoms with Crippen molar-refractivity contribution in [3.8, 4) is 0 Å². The van der Waals surface area contributed by atoms with Crippen LogP contribution >= 0.6 is 0 Å². The number of hydrogen-bond acceptors (Lipinski definition) is 5. The molecule has 1 aromatic heterocycles. The topological polar surface area (TPSA) is 100 Å². The van der Waals surface area contributed by atoms with Crippen molar-refractivity contribution in [2.45, 2.75) is 18.4 Å². The smallest absolute Gasteiger partial charge is 0.251 e.